The lowest BCUT2D eigenvalue weighted by Crippen LogP contribution is -2.42. The molecule has 2 N–H and O–H groups in total. The summed E-state index contributed by atoms with van der Waals surface area (Å²) in [4.78, 5) is 0. The van der Waals surface area contributed by atoms with E-state index in [4.69, 9.17) is 4.74 Å². The van der Waals surface area contributed by atoms with E-state index in [-0.39, 0.29) is 6.10 Å². The van der Waals surface area contributed by atoms with Crippen LogP contribution in [-0.2, 0) is 4.74 Å². The van der Waals surface area contributed by atoms with Gasteiger partial charge < -0.3 is 15.2 Å². The van der Waals surface area contributed by atoms with Crippen molar-refractivity contribution in [1.29, 1.82) is 0 Å². The molecule has 0 aliphatic heterocycles. The van der Waals surface area contributed by atoms with E-state index in [1.54, 1.807) is 0 Å². The molecule has 0 aromatic carbocycles. The molecule has 0 aromatic rings. The number of aliphatic hydroxyl groups is 1. The first-order chi connectivity index (χ1) is 9.08. The zero-order chi connectivity index (χ0) is 14.1. The van der Waals surface area contributed by atoms with Crippen LogP contribution in [0.2, 0.25) is 0 Å². The molecule has 0 radical (unpaired) electrons. The Kier molecular flexibility index (Phi) is 7.96. The van der Waals surface area contributed by atoms with Gasteiger partial charge in [-0.1, -0.05) is 27.2 Å². The fraction of sp³-hybridized carbons (Fsp3) is 1.00. The van der Waals surface area contributed by atoms with Crippen LogP contribution in [0.4, 0.5) is 0 Å². The van der Waals surface area contributed by atoms with Crippen molar-refractivity contribution >= 4 is 0 Å². The van der Waals surface area contributed by atoms with Crippen LogP contribution in [0, 0.1) is 11.3 Å². The van der Waals surface area contributed by atoms with Crippen molar-refractivity contribution in [3.05, 3.63) is 0 Å². The molecule has 1 atom stereocenters. The van der Waals surface area contributed by atoms with Crippen molar-refractivity contribution in [3.8, 4) is 0 Å². The summed E-state index contributed by atoms with van der Waals surface area (Å²) >= 11 is 0. The standard InChI is InChI=1S/C16H33NO2/c1-4-16(8-6-9-16)13-17-11-15(18)12-19-10-5-7-14(2)3/h14-15,17-18H,4-13H2,1-3H3. The molecular formula is C16H33NO2. The van der Waals surface area contributed by atoms with E-state index in [0.29, 0.717) is 18.6 Å². The van der Waals surface area contributed by atoms with Gasteiger partial charge >= 0.3 is 0 Å². The highest BCUT2D eigenvalue weighted by Crippen LogP contribution is 2.42. The Labute approximate surface area is 119 Å². The van der Waals surface area contributed by atoms with Crippen LogP contribution in [0.5, 0.6) is 0 Å². The normalized spacial score (nSPS) is 19.4. The minimum Gasteiger partial charge on any atom is -0.389 e. The largest absolute Gasteiger partial charge is 0.389 e. The molecule has 1 aliphatic carbocycles. The maximum Gasteiger partial charge on any atom is 0.0897 e. The van der Waals surface area contributed by atoms with Crippen molar-refractivity contribution in [2.75, 3.05) is 26.3 Å². The summed E-state index contributed by atoms with van der Waals surface area (Å²) in [6.45, 7) is 9.67. The number of aliphatic hydroxyl groups excluding tert-OH is 1. The van der Waals surface area contributed by atoms with E-state index in [1.165, 1.54) is 32.1 Å². The fourth-order valence-corrected chi connectivity index (χ4v) is 2.71. The zero-order valence-corrected chi connectivity index (χ0v) is 13.1. The maximum atomic E-state index is 9.83. The average molecular weight is 271 g/mol. The van der Waals surface area contributed by atoms with E-state index in [1.807, 2.05) is 0 Å². The smallest absolute Gasteiger partial charge is 0.0897 e. The Morgan fingerprint density at radius 1 is 1.32 bits per heavy atom. The Bertz CT molecular complexity index is 221. The minimum absolute atomic E-state index is 0.368. The molecule has 0 heterocycles. The number of hydrogen-bond acceptors (Lipinski definition) is 3. The third-order valence-corrected chi connectivity index (χ3v) is 4.42. The molecule has 1 fully saturated rings. The van der Waals surface area contributed by atoms with Gasteiger partial charge in [0, 0.05) is 19.7 Å². The molecule has 19 heavy (non-hydrogen) atoms. The molecule has 3 heteroatoms. The van der Waals surface area contributed by atoms with Crippen molar-refractivity contribution in [2.45, 2.75) is 65.4 Å². The topological polar surface area (TPSA) is 41.5 Å². The molecule has 3 nitrogen and oxygen atoms in total. The summed E-state index contributed by atoms with van der Waals surface area (Å²) in [5, 5.41) is 13.2. The summed E-state index contributed by atoms with van der Waals surface area (Å²) in [5.41, 5.74) is 0.526. The summed E-state index contributed by atoms with van der Waals surface area (Å²) in [6.07, 6.45) is 7.24. The number of rotatable bonds is 11. The van der Waals surface area contributed by atoms with Gasteiger partial charge in [-0.3, -0.25) is 0 Å². The molecule has 1 aliphatic rings. The quantitative estimate of drug-likeness (QED) is 0.568. The Hall–Kier alpha value is -0.120. The van der Waals surface area contributed by atoms with Crippen molar-refractivity contribution < 1.29 is 9.84 Å². The van der Waals surface area contributed by atoms with Gasteiger partial charge in [-0.15, -0.1) is 0 Å². The van der Waals surface area contributed by atoms with Gasteiger partial charge in [-0.25, -0.2) is 0 Å². The van der Waals surface area contributed by atoms with Crippen molar-refractivity contribution in [1.82, 2.24) is 5.32 Å². The van der Waals surface area contributed by atoms with E-state index < -0.39 is 0 Å². The predicted octanol–water partition coefficient (Wildman–Crippen LogP) is 2.97. The second-order valence-electron chi connectivity index (χ2n) is 6.60. The molecule has 1 unspecified atom stereocenters. The minimum atomic E-state index is -0.368. The van der Waals surface area contributed by atoms with Gasteiger partial charge in [0.15, 0.2) is 0 Å². The first-order valence-corrected chi connectivity index (χ1v) is 8.04. The van der Waals surface area contributed by atoms with Gasteiger partial charge in [-0.05, 0) is 43.4 Å². The van der Waals surface area contributed by atoms with Crippen molar-refractivity contribution in [3.63, 3.8) is 0 Å². The van der Waals surface area contributed by atoms with Gasteiger partial charge in [0.2, 0.25) is 0 Å². The molecule has 1 rings (SSSR count). The van der Waals surface area contributed by atoms with Gasteiger partial charge in [0.1, 0.15) is 0 Å². The second kappa shape index (κ2) is 8.93. The summed E-state index contributed by atoms with van der Waals surface area (Å²) in [7, 11) is 0. The van der Waals surface area contributed by atoms with E-state index >= 15 is 0 Å². The molecular weight excluding hydrogens is 238 g/mol. The van der Waals surface area contributed by atoms with Crippen LogP contribution in [0.3, 0.4) is 0 Å². The maximum absolute atomic E-state index is 9.83. The van der Waals surface area contributed by atoms with Crippen molar-refractivity contribution in [2.24, 2.45) is 11.3 Å². The Morgan fingerprint density at radius 2 is 2.05 bits per heavy atom. The third kappa shape index (κ3) is 6.73. The SMILES string of the molecule is CCC1(CNCC(O)COCCCC(C)C)CCC1. The molecule has 1 saturated carbocycles. The zero-order valence-electron chi connectivity index (χ0n) is 13.1. The van der Waals surface area contributed by atoms with E-state index in [2.05, 4.69) is 26.1 Å². The average Bonchev–Trinajstić information content (AvgIpc) is 2.32. The lowest BCUT2D eigenvalue weighted by atomic mass is 9.67. The van der Waals surface area contributed by atoms with E-state index in [9.17, 15) is 5.11 Å². The van der Waals surface area contributed by atoms with Gasteiger partial charge in [0.25, 0.3) is 0 Å². The molecule has 0 saturated heterocycles. The third-order valence-electron chi connectivity index (χ3n) is 4.42. The fourth-order valence-electron chi connectivity index (χ4n) is 2.71. The number of nitrogens with one attached hydrogen (secondary N) is 1. The lowest BCUT2D eigenvalue weighted by molar-refractivity contribution is 0.0307. The van der Waals surface area contributed by atoms with Crippen LogP contribution in [0.1, 0.15) is 59.3 Å². The highest BCUT2D eigenvalue weighted by atomic mass is 16.5. The first-order valence-electron chi connectivity index (χ1n) is 8.04. The monoisotopic (exact) mass is 271 g/mol. The van der Waals surface area contributed by atoms with Crippen LogP contribution in [0.25, 0.3) is 0 Å². The Balaban J connectivity index is 1.94. The second-order valence-corrected chi connectivity index (χ2v) is 6.60. The molecule has 0 amide bonds. The van der Waals surface area contributed by atoms with Gasteiger partial charge in [-0.2, -0.15) is 0 Å². The summed E-state index contributed by atoms with van der Waals surface area (Å²) in [6, 6.07) is 0. The predicted molar refractivity (Wildman–Crippen MR) is 80.3 cm³/mol. The molecule has 0 bridgehead atoms. The molecule has 0 spiro atoms. The molecule has 0 aromatic heterocycles. The summed E-state index contributed by atoms with van der Waals surface area (Å²) in [5.74, 6) is 0.739. The van der Waals surface area contributed by atoms with Crippen LogP contribution < -0.4 is 5.32 Å². The Morgan fingerprint density at radius 3 is 2.58 bits per heavy atom. The highest BCUT2D eigenvalue weighted by molar-refractivity contribution is 4.88. The van der Waals surface area contributed by atoms with Crippen LogP contribution >= 0.6 is 0 Å². The number of hydrogen-bond donors (Lipinski definition) is 2. The lowest BCUT2D eigenvalue weighted by Gasteiger charge is -2.41. The first kappa shape index (κ1) is 16.9. The summed E-state index contributed by atoms with van der Waals surface area (Å²) < 4.78 is 5.51. The van der Waals surface area contributed by atoms with E-state index in [0.717, 1.165) is 25.5 Å². The van der Waals surface area contributed by atoms with Crippen LogP contribution in [0.15, 0.2) is 0 Å². The van der Waals surface area contributed by atoms with Gasteiger partial charge in [0.05, 0.1) is 12.7 Å². The number of ether oxygens (including phenoxy) is 1. The molecule has 114 valence electrons. The highest BCUT2D eigenvalue weighted by Gasteiger charge is 2.34. The van der Waals surface area contributed by atoms with Crippen LogP contribution in [-0.4, -0.2) is 37.5 Å².